The van der Waals surface area contributed by atoms with Crippen LogP contribution in [-0.2, 0) is 4.74 Å². The van der Waals surface area contributed by atoms with Crippen LogP contribution in [0.15, 0.2) is 11.6 Å². The predicted molar refractivity (Wildman–Crippen MR) is 90.5 cm³/mol. The van der Waals surface area contributed by atoms with Crippen molar-refractivity contribution in [2.75, 3.05) is 23.8 Å². The smallest absolute Gasteiger partial charge is 0.357 e. The fourth-order valence-corrected chi connectivity index (χ4v) is 3.59. The second-order valence-electron chi connectivity index (χ2n) is 5.34. The maximum Gasteiger partial charge on any atom is 0.357 e. The van der Waals surface area contributed by atoms with Crippen LogP contribution in [0.2, 0.25) is 0 Å². The Bertz CT molecular complexity index is 810. The molecule has 0 aliphatic carbocycles. The van der Waals surface area contributed by atoms with Gasteiger partial charge in [0.1, 0.15) is 11.2 Å². The summed E-state index contributed by atoms with van der Waals surface area (Å²) in [4.78, 5) is 36.4. The summed E-state index contributed by atoms with van der Waals surface area (Å²) < 4.78 is 4.95. The molecular formula is C14H16N6O4S. The summed E-state index contributed by atoms with van der Waals surface area (Å²) in [5, 5.41) is 13.3. The number of esters is 1. The van der Waals surface area contributed by atoms with Gasteiger partial charge in [-0.1, -0.05) is 0 Å². The molecule has 2 aromatic rings. The summed E-state index contributed by atoms with van der Waals surface area (Å²) in [6, 6.07) is -0.103. The van der Waals surface area contributed by atoms with E-state index in [1.807, 2.05) is 4.90 Å². The van der Waals surface area contributed by atoms with Crippen molar-refractivity contribution in [1.29, 1.82) is 0 Å². The molecule has 3 heterocycles. The molecule has 3 rings (SSSR count). The van der Waals surface area contributed by atoms with E-state index in [0.29, 0.717) is 12.5 Å². The maximum absolute atomic E-state index is 11.8. The second-order valence-corrected chi connectivity index (χ2v) is 6.23. The van der Waals surface area contributed by atoms with Crippen molar-refractivity contribution in [2.45, 2.75) is 25.8 Å². The van der Waals surface area contributed by atoms with Gasteiger partial charge in [-0.3, -0.25) is 10.1 Å². The van der Waals surface area contributed by atoms with Crippen molar-refractivity contribution in [3.63, 3.8) is 0 Å². The lowest BCUT2D eigenvalue weighted by Gasteiger charge is -2.22. The van der Waals surface area contributed by atoms with E-state index in [-0.39, 0.29) is 29.8 Å². The van der Waals surface area contributed by atoms with E-state index in [9.17, 15) is 14.9 Å². The van der Waals surface area contributed by atoms with Crippen molar-refractivity contribution in [3.8, 4) is 0 Å². The first-order chi connectivity index (χ1) is 12.0. The van der Waals surface area contributed by atoms with E-state index in [0.717, 1.165) is 24.0 Å². The lowest BCUT2D eigenvalue weighted by atomic mass is 10.2. The number of hydrogen-bond donors (Lipinski definition) is 1. The van der Waals surface area contributed by atoms with Gasteiger partial charge in [0.25, 0.3) is 0 Å². The molecule has 0 aromatic carbocycles. The Labute approximate surface area is 146 Å². The third-order valence-corrected chi connectivity index (χ3v) is 4.73. The first kappa shape index (κ1) is 17.0. The Hall–Kier alpha value is -2.82. The Morgan fingerprint density at radius 1 is 1.56 bits per heavy atom. The van der Waals surface area contributed by atoms with E-state index in [1.165, 1.54) is 11.3 Å². The number of anilines is 2. The number of nitro groups is 1. The fourth-order valence-electron chi connectivity index (χ4n) is 2.66. The summed E-state index contributed by atoms with van der Waals surface area (Å²) in [7, 11) is 0. The molecule has 1 aliphatic rings. The SMILES string of the molecule is CCOC(=O)c1csc([C@H]2CCCN2c2ncc([N+](=O)[O-])c(N)n2)n1. The highest BCUT2D eigenvalue weighted by molar-refractivity contribution is 7.10. The largest absolute Gasteiger partial charge is 0.461 e. The minimum absolute atomic E-state index is 0.103. The first-order valence-corrected chi connectivity index (χ1v) is 8.55. The van der Waals surface area contributed by atoms with Crippen LogP contribution in [0.25, 0.3) is 0 Å². The minimum atomic E-state index is -0.618. The summed E-state index contributed by atoms with van der Waals surface area (Å²) >= 11 is 1.36. The van der Waals surface area contributed by atoms with Crippen molar-refractivity contribution >= 4 is 34.8 Å². The van der Waals surface area contributed by atoms with Crippen LogP contribution >= 0.6 is 11.3 Å². The number of ether oxygens (including phenoxy) is 1. The summed E-state index contributed by atoms with van der Waals surface area (Å²) in [6.07, 6.45) is 2.81. The molecule has 1 aliphatic heterocycles. The Kier molecular flexibility index (Phi) is 4.74. The van der Waals surface area contributed by atoms with Crippen LogP contribution in [0.4, 0.5) is 17.5 Å². The lowest BCUT2D eigenvalue weighted by Crippen LogP contribution is -2.25. The van der Waals surface area contributed by atoms with E-state index in [2.05, 4.69) is 15.0 Å². The molecule has 1 fully saturated rings. The minimum Gasteiger partial charge on any atom is -0.461 e. The molecule has 0 saturated carbocycles. The van der Waals surface area contributed by atoms with Gasteiger partial charge in [0.15, 0.2) is 5.69 Å². The Balaban J connectivity index is 1.85. The Morgan fingerprint density at radius 2 is 2.36 bits per heavy atom. The molecule has 132 valence electrons. The highest BCUT2D eigenvalue weighted by Crippen LogP contribution is 2.36. The van der Waals surface area contributed by atoms with Crippen LogP contribution in [0.3, 0.4) is 0 Å². The number of aromatic nitrogens is 3. The van der Waals surface area contributed by atoms with E-state index < -0.39 is 10.9 Å². The van der Waals surface area contributed by atoms with Crippen molar-refractivity contribution in [1.82, 2.24) is 15.0 Å². The van der Waals surface area contributed by atoms with Gasteiger partial charge < -0.3 is 15.4 Å². The van der Waals surface area contributed by atoms with Gasteiger partial charge in [0.2, 0.25) is 11.8 Å². The molecule has 0 amide bonds. The zero-order valence-electron chi connectivity index (χ0n) is 13.4. The summed E-state index contributed by atoms with van der Waals surface area (Å²) in [5.74, 6) is -0.309. The predicted octanol–water partition coefficient (Wildman–Crippen LogP) is 1.94. The number of nitrogen functional groups attached to an aromatic ring is 1. The Morgan fingerprint density at radius 3 is 3.04 bits per heavy atom. The second kappa shape index (κ2) is 6.97. The molecule has 0 spiro atoms. The molecule has 0 bridgehead atoms. The normalized spacial score (nSPS) is 16.8. The van der Waals surface area contributed by atoms with Crippen LogP contribution < -0.4 is 10.6 Å². The quantitative estimate of drug-likeness (QED) is 0.479. The average molecular weight is 364 g/mol. The van der Waals surface area contributed by atoms with Gasteiger partial charge in [-0.05, 0) is 19.8 Å². The first-order valence-electron chi connectivity index (χ1n) is 7.67. The highest BCUT2D eigenvalue weighted by atomic mass is 32.1. The van der Waals surface area contributed by atoms with Crippen molar-refractivity contribution in [2.24, 2.45) is 0 Å². The molecule has 2 N–H and O–H groups in total. The lowest BCUT2D eigenvalue weighted by molar-refractivity contribution is -0.384. The average Bonchev–Trinajstić information content (AvgIpc) is 3.23. The van der Waals surface area contributed by atoms with Gasteiger partial charge in [0.05, 0.1) is 17.6 Å². The van der Waals surface area contributed by atoms with Gasteiger partial charge in [-0.15, -0.1) is 11.3 Å². The molecule has 2 aromatic heterocycles. The molecular weight excluding hydrogens is 348 g/mol. The molecule has 10 nitrogen and oxygen atoms in total. The number of hydrogen-bond acceptors (Lipinski definition) is 10. The number of rotatable bonds is 5. The molecule has 1 atom stereocenters. The summed E-state index contributed by atoms with van der Waals surface area (Å²) in [5.41, 5.74) is 5.61. The number of carbonyl (C=O) groups is 1. The van der Waals surface area contributed by atoms with Gasteiger partial charge in [-0.2, -0.15) is 4.98 Å². The van der Waals surface area contributed by atoms with E-state index >= 15 is 0 Å². The van der Waals surface area contributed by atoms with Crippen molar-refractivity contribution < 1.29 is 14.5 Å². The number of nitrogens with zero attached hydrogens (tertiary/aromatic N) is 5. The molecule has 1 saturated heterocycles. The van der Waals surface area contributed by atoms with Gasteiger partial charge >= 0.3 is 11.7 Å². The maximum atomic E-state index is 11.8. The van der Waals surface area contributed by atoms with Crippen LogP contribution in [-0.4, -0.2) is 39.0 Å². The number of carbonyl (C=O) groups excluding carboxylic acids is 1. The third kappa shape index (κ3) is 3.36. The molecule has 25 heavy (non-hydrogen) atoms. The third-order valence-electron chi connectivity index (χ3n) is 3.78. The van der Waals surface area contributed by atoms with Crippen LogP contribution in [0, 0.1) is 10.1 Å². The monoisotopic (exact) mass is 364 g/mol. The molecule has 0 radical (unpaired) electrons. The zero-order valence-corrected chi connectivity index (χ0v) is 14.2. The molecule has 11 heteroatoms. The standard InChI is InChI=1S/C14H16N6O4S/c1-2-24-13(21)8-7-25-12(17-8)9-4-3-5-19(9)14-16-6-10(20(22)23)11(15)18-14/h6-7,9H,2-5H2,1H3,(H2,15,16,18)/t9-/m1/s1. The highest BCUT2D eigenvalue weighted by Gasteiger charge is 2.32. The molecule has 0 unspecified atom stereocenters. The topological polar surface area (TPSA) is 137 Å². The number of nitrogens with two attached hydrogens (primary N) is 1. The fraction of sp³-hybridized carbons (Fsp3) is 0.429. The number of thiazole rings is 1. The van der Waals surface area contributed by atoms with E-state index in [4.69, 9.17) is 10.5 Å². The van der Waals surface area contributed by atoms with Crippen molar-refractivity contribution in [3.05, 3.63) is 32.4 Å². The summed E-state index contributed by atoms with van der Waals surface area (Å²) in [6.45, 7) is 2.70. The van der Waals surface area contributed by atoms with Gasteiger partial charge in [-0.25, -0.2) is 14.8 Å². The van der Waals surface area contributed by atoms with E-state index in [1.54, 1.807) is 12.3 Å². The van der Waals surface area contributed by atoms with Gasteiger partial charge in [0, 0.05) is 11.9 Å². The van der Waals surface area contributed by atoms with Crippen LogP contribution in [0.5, 0.6) is 0 Å². The zero-order chi connectivity index (χ0) is 18.0. The van der Waals surface area contributed by atoms with Crippen LogP contribution in [0.1, 0.15) is 41.3 Å².